The molecule has 1 heterocycles. The summed E-state index contributed by atoms with van der Waals surface area (Å²) in [4.78, 5) is 0. The fourth-order valence-corrected chi connectivity index (χ4v) is 1.98. The zero-order valence-corrected chi connectivity index (χ0v) is 9.68. The van der Waals surface area contributed by atoms with Crippen LogP contribution in [0, 0.1) is 6.92 Å². The lowest BCUT2D eigenvalue weighted by Gasteiger charge is -2.13. The van der Waals surface area contributed by atoms with Gasteiger partial charge in [0.05, 0.1) is 0 Å². The van der Waals surface area contributed by atoms with Crippen molar-refractivity contribution in [2.45, 2.75) is 25.8 Å². The van der Waals surface area contributed by atoms with Crippen LogP contribution in [0.2, 0.25) is 5.02 Å². The minimum Gasteiger partial charge on any atom is -0.492 e. The average Bonchev–Trinajstić information content (AvgIpc) is 2.72. The molecule has 1 aromatic rings. The van der Waals surface area contributed by atoms with E-state index in [4.69, 9.17) is 16.3 Å². The quantitative estimate of drug-likeness (QED) is 0.854. The molecule has 0 amide bonds. The van der Waals surface area contributed by atoms with E-state index >= 15 is 0 Å². The van der Waals surface area contributed by atoms with Crippen LogP contribution >= 0.6 is 11.6 Å². The lowest BCUT2D eigenvalue weighted by Crippen LogP contribution is -2.28. The Kier molecular flexibility index (Phi) is 3.49. The molecule has 3 heteroatoms. The van der Waals surface area contributed by atoms with Crippen molar-refractivity contribution >= 4 is 11.6 Å². The van der Waals surface area contributed by atoms with E-state index in [9.17, 15) is 0 Å². The zero-order chi connectivity index (χ0) is 10.7. The summed E-state index contributed by atoms with van der Waals surface area (Å²) < 4.78 is 5.75. The second-order valence-electron chi connectivity index (χ2n) is 4.01. The number of aryl methyl sites for hydroxylation is 1. The lowest BCUT2D eigenvalue weighted by atomic mass is 10.2. The Labute approximate surface area is 95.6 Å². The molecule has 0 aromatic heterocycles. The van der Waals surface area contributed by atoms with Gasteiger partial charge >= 0.3 is 0 Å². The second kappa shape index (κ2) is 4.86. The molecule has 2 rings (SSSR count). The third kappa shape index (κ3) is 2.86. The van der Waals surface area contributed by atoms with Crippen LogP contribution in [0.5, 0.6) is 5.75 Å². The zero-order valence-electron chi connectivity index (χ0n) is 8.92. The highest BCUT2D eigenvalue weighted by Crippen LogP contribution is 2.23. The summed E-state index contributed by atoms with van der Waals surface area (Å²) in [5, 5.41) is 4.13. The molecule has 0 spiro atoms. The van der Waals surface area contributed by atoms with Gasteiger partial charge in [-0.1, -0.05) is 17.7 Å². The number of hydrogen-bond donors (Lipinski definition) is 1. The van der Waals surface area contributed by atoms with Gasteiger partial charge < -0.3 is 10.1 Å². The maximum absolute atomic E-state index is 5.92. The number of nitrogens with one attached hydrogen (secondary N) is 1. The topological polar surface area (TPSA) is 21.3 Å². The van der Waals surface area contributed by atoms with Crippen molar-refractivity contribution < 1.29 is 4.74 Å². The monoisotopic (exact) mass is 225 g/mol. The molecule has 0 radical (unpaired) electrons. The van der Waals surface area contributed by atoms with Crippen molar-refractivity contribution in [3.05, 3.63) is 28.8 Å². The Bertz CT molecular complexity index is 334. The molecule has 2 nitrogen and oxygen atoms in total. The summed E-state index contributed by atoms with van der Waals surface area (Å²) in [6.45, 7) is 3.89. The maximum Gasteiger partial charge on any atom is 0.123 e. The van der Waals surface area contributed by atoms with Gasteiger partial charge in [-0.25, -0.2) is 0 Å². The van der Waals surface area contributed by atoms with E-state index in [1.165, 1.54) is 12.8 Å². The fraction of sp³-hybridized carbons (Fsp3) is 0.500. The molecule has 1 aliphatic heterocycles. The predicted molar refractivity (Wildman–Crippen MR) is 62.7 cm³/mol. The summed E-state index contributed by atoms with van der Waals surface area (Å²) in [5.74, 6) is 0.899. The van der Waals surface area contributed by atoms with Gasteiger partial charge in [0.15, 0.2) is 0 Å². The molecule has 1 atom stereocenters. The Morgan fingerprint density at radius 2 is 2.40 bits per heavy atom. The van der Waals surface area contributed by atoms with Gasteiger partial charge in [-0.05, 0) is 44.0 Å². The van der Waals surface area contributed by atoms with Crippen molar-refractivity contribution in [3.63, 3.8) is 0 Å². The first-order chi connectivity index (χ1) is 7.25. The van der Waals surface area contributed by atoms with E-state index in [0.717, 1.165) is 29.5 Å². The lowest BCUT2D eigenvalue weighted by molar-refractivity contribution is 0.275. The molecule has 1 N–H and O–H groups in total. The average molecular weight is 226 g/mol. The Morgan fingerprint density at radius 1 is 1.53 bits per heavy atom. The van der Waals surface area contributed by atoms with Crippen LogP contribution in [0.15, 0.2) is 18.2 Å². The number of benzene rings is 1. The first-order valence-electron chi connectivity index (χ1n) is 5.38. The summed E-state index contributed by atoms with van der Waals surface area (Å²) >= 11 is 5.92. The van der Waals surface area contributed by atoms with E-state index in [1.54, 1.807) is 0 Å². The molecule has 1 aliphatic rings. The normalized spacial score (nSPS) is 20.5. The SMILES string of the molecule is Cc1ccc(Cl)cc1OCC1CCCN1. The Balaban J connectivity index is 1.94. The molecule has 1 saturated heterocycles. The summed E-state index contributed by atoms with van der Waals surface area (Å²) in [5.41, 5.74) is 1.14. The van der Waals surface area contributed by atoms with E-state index in [0.29, 0.717) is 6.04 Å². The first kappa shape index (κ1) is 10.8. The van der Waals surface area contributed by atoms with Crippen molar-refractivity contribution in [1.29, 1.82) is 0 Å². The summed E-state index contributed by atoms with van der Waals surface area (Å²) in [7, 11) is 0. The van der Waals surface area contributed by atoms with Gasteiger partial charge in [0, 0.05) is 11.1 Å². The highest BCUT2D eigenvalue weighted by molar-refractivity contribution is 6.30. The molecular formula is C12H16ClNO. The third-order valence-electron chi connectivity index (χ3n) is 2.75. The summed E-state index contributed by atoms with van der Waals surface area (Å²) in [6.07, 6.45) is 2.46. The van der Waals surface area contributed by atoms with Gasteiger partial charge in [0.2, 0.25) is 0 Å². The van der Waals surface area contributed by atoms with E-state index < -0.39 is 0 Å². The van der Waals surface area contributed by atoms with Crippen LogP contribution in [-0.4, -0.2) is 19.2 Å². The number of hydrogen-bond acceptors (Lipinski definition) is 2. The van der Waals surface area contributed by atoms with Crippen molar-refractivity contribution in [2.24, 2.45) is 0 Å². The van der Waals surface area contributed by atoms with E-state index in [1.807, 2.05) is 25.1 Å². The van der Waals surface area contributed by atoms with Crippen LogP contribution < -0.4 is 10.1 Å². The molecule has 15 heavy (non-hydrogen) atoms. The highest BCUT2D eigenvalue weighted by Gasteiger charge is 2.14. The molecule has 0 saturated carbocycles. The van der Waals surface area contributed by atoms with Crippen LogP contribution in [0.3, 0.4) is 0 Å². The largest absolute Gasteiger partial charge is 0.492 e. The number of rotatable bonds is 3. The van der Waals surface area contributed by atoms with Gasteiger partial charge in [0.25, 0.3) is 0 Å². The van der Waals surface area contributed by atoms with Gasteiger partial charge in [-0.2, -0.15) is 0 Å². The highest BCUT2D eigenvalue weighted by atomic mass is 35.5. The van der Waals surface area contributed by atoms with Gasteiger partial charge in [-0.15, -0.1) is 0 Å². The standard InChI is InChI=1S/C12H16ClNO/c1-9-4-5-10(13)7-12(9)15-8-11-3-2-6-14-11/h4-5,7,11,14H,2-3,6,8H2,1H3. The van der Waals surface area contributed by atoms with Crippen molar-refractivity contribution in [1.82, 2.24) is 5.32 Å². The molecule has 82 valence electrons. The second-order valence-corrected chi connectivity index (χ2v) is 4.45. The van der Waals surface area contributed by atoms with Gasteiger partial charge in [-0.3, -0.25) is 0 Å². The van der Waals surface area contributed by atoms with E-state index in [2.05, 4.69) is 5.32 Å². The molecule has 1 fully saturated rings. The molecule has 0 bridgehead atoms. The molecule has 0 aliphatic carbocycles. The van der Waals surface area contributed by atoms with Crippen molar-refractivity contribution in [3.8, 4) is 5.75 Å². The van der Waals surface area contributed by atoms with Crippen LogP contribution in [0.4, 0.5) is 0 Å². The Morgan fingerprint density at radius 3 is 3.13 bits per heavy atom. The molecular weight excluding hydrogens is 210 g/mol. The number of halogens is 1. The van der Waals surface area contributed by atoms with Crippen LogP contribution in [-0.2, 0) is 0 Å². The molecule has 1 aromatic carbocycles. The van der Waals surface area contributed by atoms with Crippen LogP contribution in [0.1, 0.15) is 18.4 Å². The number of ether oxygens (including phenoxy) is 1. The van der Waals surface area contributed by atoms with Crippen molar-refractivity contribution in [2.75, 3.05) is 13.2 Å². The molecule has 1 unspecified atom stereocenters. The predicted octanol–water partition coefficient (Wildman–Crippen LogP) is 2.78. The Hall–Kier alpha value is -0.730. The fourth-order valence-electron chi connectivity index (χ4n) is 1.82. The van der Waals surface area contributed by atoms with Gasteiger partial charge in [0.1, 0.15) is 12.4 Å². The van der Waals surface area contributed by atoms with E-state index in [-0.39, 0.29) is 0 Å². The first-order valence-corrected chi connectivity index (χ1v) is 5.76. The minimum absolute atomic E-state index is 0.503. The summed E-state index contributed by atoms with van der Waals surface area (Å²) in [6, 6.07) is 6.26. The minimum atomic E-state index is 0.503. The smallest absolute Gasteiger partial charge is 0.123 e. The maximum atomic E-state index is 5.92. The van der Waals surface area contributed by atoms with Crippen LogP contribution in [0.25, 0.3) is 0 Å². The third-order valence-corrected chi connectivity index (χ3v) is 2.99.